The van der Waals surface area contributed by atoms with E-state index in [1.165, 1.54) is 0 Å². The fraction of sp³-hybridized carbons (Fsp3) is 0.833. The Hall–Kier alpha value is -1.26. The fourth-order valence-corrected chi connectivity index (χ4v) is 2.63. The summed E-state index contributed by atoms with van der Waals surface area (Å²) in [5.41, 5.74) is -0.468. The third kappa shape index (κ3) is 2.70. The molecule has 1 amide bonds. The van der Waals surface area contributed by atoms with Gasteiger partial charge in [0, 0.05) is 19.5 Å². The molecule has 1 saturated heterocycles. The van der Waals surface area contributed by atoms with Crippen molar-refractivity contribution in [3.05, 3.63) is 0 Å². The van der Waals surface area contributed by atoms with Gasteiger partial charge in [0.25, 0.3) is 0 Å². The first-order valence-electron chi connectivity index (χ1n) is 5.97. The van der Waals surface area contributed by atoms with Crippen molar-refractivity contribution in [1.29, 1.82) is 0 Å². The standard InChI is InChI=1S/C12H19NO4/c1-12(2,3)17-11(16)13-5-8-7(4-10(14)15)9(8)6-13/h7-9H,4-6H2,1-3H3,(H,14,15)/t8-,9-/m0/s1. The van der Waals surface area contributed by atoms with Crippen LogP contribution < -0.4 is 0 Å². The molecule has 96 valence electrons. The van der Waals surface area contributed by atoms with E-state index in [2.05, 4.69) is 0 Å². The third-order valence-corrected chi connectivity index (χ3v) is 3.43. The molecule has 5 heteroatoms. The smallest absolute Gasteiger partial charge is 0.410 e. The maximum absolute atomic E-state index is 11.7. The van der Waals surface area contributed by atoms with Crippen LogP contribution in [0.1, 0.15) is 27.2 Å². The normalized spacial score (nSPS) is 31.0. The van der Waals surface area contributed by atoms with Crippen molar-refractivity contribution in [1.82, 2.24) is 4.90 Å². The Bertz CT molecular complexity index is 335. The highest BCUT2D eigenvalue weighted by molar-refractivity contribution is 5.70. The Labute approximate surface area is 101 Å². The summed E-state index contributed by atoms with van der Waals surface area (Å²) in [6, 6.07) is 0. The van der Waals surface area contributed by atoms with Gasteiger partial charge in [-0.3, -0.25) is 4.79 Å². The van der Waals surface area contributed by atoms with Crippen molar-refractivity contribution in [2.24, 2.45) is 17.8 Å². The van der Waals surface area contributed by atoms with Gasteiger partial charge < -0.3 is 14.7 Å². The molecule has 1 N–H and O–H groups in total. The van der Waals surface area contributed by atoms with Crippen molar-refractivity contribution in [3.63, 3.8) is 0 Å². The highest BCUT2D eigenvalue weighted by atomic mass is 16.6. The number of carbonyl (C=O) groups excluding carboxylic acids is 1. The van der Waals surface area contributed by atoms with Gasteiger partial charge in [0.15, 0.2) is 0 Å². The lowest BCUT2D eigenvalue weighted by atomic mass is 10.2. The van der Waals surface area contributed by atoms with Crippen LogP contribution in [0, 0.1) is 17.8 Å². The van der Waals surface area contributed by atoms with E-state index >= 15 is 0 Å². The number of carboxylic acid groups (broad SMARTS) is 1. The Morgan fingerprint density at radius 3 is 2.24 bits per heavy atom. The molecule has 0 radical (unpaired) electrons. The Kier molecular flexibility index (Phi) is 2.79. The monoisotopic (exact) mass is 241 g/mol. The van der Waals surface area contributed by atoms with Crippen LogP contribution in [-0.2, 0) is 9.53 Å². The molecule has 1 aliphatic heterocycles. The van der Waals surface area contributed by atoms with Gasteiger partial charge in [-0.25, -0.2) is 4.79 Å². The number of hydrogen-bond donors (Lipinski definition) is 1. The summed E-state index contributed by atoms with van der Waals surface area (Å²) in [5, 5.41) is 8.70. The molecule has 17 heavy (non-hydrogen) atoms. The van der Waals surface area contributed by atoms with Crippen LogP contribution in [0.25, 0.3) is 0 Å². The molecule has 1 saturated carbocycles. The van der Waals surface area contributed by atoms with Crippen molar-refractivity contribution in [2.75, 3.05) is 13.1 Å². The topological polar surface area (TPSA) is 66.8 Å². The van der Waals surface area contributed by atoms with Gasteiger partial charge in [-0.1, -0.05) is 0 Å². The Morgan fingerprint density at radius 1 is 1.29 bits per heavy atom. The average molecular weight is 241 g/mol. The molecular weight excluding hydrogens is 222 g/mol. The van der Waals surface area contributed by atoms with Gasteiger partial charge in [-0.2, -0.15) is 0 Å². The van der Waals surface area contributed by atoms with Gasteiger partial charge in [-0.15, -0.1) is 0 Å². The van der Waals surface area contributed by atoms with E-state index in [0.29, 0.717) is 24.9 Å². The zero-order valence-corrected chi connectivity index (χ0v) is 10.5. The average Bonchev–Trinajstić information content (AvgIpc) is 2.59. The quantitative estimate of drug-likeness (QED) is 0.797. The Balaban J connectivity index is 1.79. The molecule has 1 heterocycles. The number of aliphatic carboxylic acids is 1. The maximum Gasteiger partial charge on any atom is 0.410 e. The Morgan fingerprint density at radius 2 is 1.82 bits per heavy atom. The molecule has 2 atom stereocenters. The van der Waals surface area contributed by atoms with Gasteiger partial charge >= 0.3 is 12.1 Å². The minimum absolute atomic E-state index is 0.234. The molecule has 2 fully saturated rings. The van der Waals surface area contributed by atoms with Crippen molar-refractivity contribution in [3.8, 4) is 0 Å². The van der Waals surface area contributed by atoms with Gasteiger partial charge in [0.05, 0.1) is 0 Å². The van der Waals surface area contributed by atoms with Crippen molar-refractivity contribution < 1.29 is 19.4 Å². The second kappa shape index (κ2) is 3.89. The number of amides is 1. The number of ether oxygens (including phenoxy) is 1. The molecule has 5 nitrogen and oxygen atoms in total. The summed E-state index contributed by atoms with van der Waals surface area (Å²) in [6.45, 7) is 6.83. The number of fused-ring (bicyclic) bond motifs is 1. The van der Waals surface area contributed by atoms with Crippen LogP contribution >= 0.6 is 0 Å². The molecule has 1 aliphatic carbocycles. The molecule has 0 aromatic rings. The number of piperidine rings is 1. The molecule has 2 aliphatic rings. The van der Waals surface area contributed by atoms with Gasteiger partial charge in [0.2, 0.25) is 0 Å². The first-order valence-corrected chi connectivity index (χ1v) is 5.97. The van der Waals surface area contributed by atoms with Crippen LogP contribution in [0.4, 0.5) is 4.79 Å². The first kappa shape index (κ1) is 12.2. The van der Waals surface area contributed by atoms with Crippen LogP contribution in [0.5, 0.6) is 0 Å². The molecule has 0 bridgehead atoms. The number of carbonyl (C=O) groups is 2. The van der Waals surface area contributed by atoms with E-state index in [0.717, 1.165) is 0 Å². The molecule has 0 aromatic heterocycles. The summed E-state index contributed by atoms with van der Waals surface area (Å²) in [6.07, 6.45) is -0.0453. The lowest BCUT2D eigenvalue weighted by Gasteiger charge is -2.25. The van der Waals surface area contributed by atoms with Crippen LogP contribution in [0.2, 0.25) is 0 Å². The molecule has 2 rings (SSSR count). The summed E-state index contributed by atoms with van der Waals surface area (Å²) in [4.78, 5) is 24.0. The number of nitrogens with zero attached hydrogens (tertiary/aromatic N) is 1. The molecule has 0 spiro atoms. The summed E-state index contributed by atoms with van der Waals surface area (Å²) >= 11 is 0. The second-order valence-corrected chi connectivity index (χ2v) is 5.97. The first-order chi connectivity index (χ1) is 7.78. The second-order valence-electron chi connectivity index (χ2n) is 5.97. The van der Waals surface area contributed by atoms with Gasteiger partial charge in [0.1, 0.15) is 5.60 Å². The zero-order chi connectivity index (χ0) is 12.8. The van der Waals surface area contributed by atoms with E-state index in [-0.39, 0.29) is 18.4 Å². The molecule has 0 unspecified atom stereocenters. The van der Waals surface area contributed by atoms with Crippen LogP contribution in [-0.4, -0.2) is 40.8 Å². The number of rotatable bonds is 2. The maximum atomic E-state index is 11.7. The minimum Gasteiger partial charge on any atom is -0.481 e. The van der Waals surface area contributed by atoms with Crippen LogP contribution in [0.15, 0.2) is 0 Å². The van der Waals surface area contributed by atoms with E-state index in [1.807, 2.05) is 20.8 Å². The van der Waals surface area contributed by atoms with E-state index in [9.17, 15) is 9.59 Å². The van der Waals surface area contributed by atoms with Gasteiger partial charge in [-0.05, 0) is 38.5 Å². The van der Waals surface area contributed by atoms with E-state index in [1.54, 1.807) is 4.90 Å². The summed E-state index contributed by atoms with van der Waals surface area (Å²) < 4.78 is 5.28. The number of hydrogen-bond acceptors (Lipinski definition) is 3. The predicted molar refractivity (Wildman–Crippen MR) is 60.5 cm³/mol. The van der Waals surface area contributed by atoms with Crippen LogP contribution in [0.3, 0.4) is 0 Å². The zero-order valence-electron chi connectivity index (χ0n) is 10.5. The fourth-order valence-electron chi connectivity index (χ4n) is 2.63. The number of likely N-dealkylation sites (tertiary alicyclic amines) is 1. The minimum atomic E-state index is -0.742. The third-order valence-electron chi connectivity index (χ3n) is 3.43. The molecule has 0 aromatic carbocycles. The van der Waals surface area contributed by atoms with Crippen molar-refractivity contribution >= 4 is 12.1 Å². The van der Waals surface area contributed by atoms with E-state index in [4.69, 9.17) is 9.84 Å². The lowest BCUT2D eigenvalue weighted by Crippen LogP contribution is -2.37. The number of carboxylic acids is 1. The highest BCUT2D eigenvalue weighted by Gasteiger charge is 2.57. The lowest BCUT2D eigenvalue weighted by molar-refractivity contribution is -0.137. The van der Waals surface area contributed by atoms with Crippen molar-refractivity contribution in [2.45, 2.75) is 32.8 Å². The predicted octanol–water partition coefficient (Wildman–Crippen LogP) is 1.57. The SMILES string of the molecule is CC(C)(C)OC(=O)N1C[C@H]2C(CC(=O)O)[C@@H]2C1. The summed E-state index contributed by atoms with van der Waals surface area (Å²) in [7, 11) is 0. The largest absolute Gasteiger partial charge is 0.481 e. The molecular formula is C12H19NO4. The van der Waals surface area contributed by atoms with E-state index < -0.39 is 11.6 Å². The highest BCUT2D eigenvalue weighted by Crippen LogP contribution is 2.53. The summed E-state index contributed by atoms with van der Waals surface area (Å²) in [5.74, 6) is 0.275.